The zero-order chi connectivity index (χ0) is 16.1. The molecule has 0 saturated heterocycles. The molecule has 1 amide bonds. The van der Waals surface area contributed by atoms with Gasteiger partial charge in [-0.2, -0.15) is 0 Å². The summed E-state index contributed by atoms with van der Waals surface area (Å²) in [5.41, 5.74) is 0.419. The van der Waals surface area contributed by atoms with Crippen molar-refractivity contribution >= 4 is 23.2 Å². The molecule has 2 aromatic rings. The molecule has 0 unspecified atom stereocenters. The maximum atomic E-state index is 12.2. The third-order valence-corrected chi connectivity index (χ3v) is 3.19. The molecule has 118 valence electrons. The predicted molar refractivity (Wildman–Crippen MR) is 81.9 cm³/mol. The van der Waals surface area contributed by atoms with Gasteiger partial charge in [-0.25, -0.2) is 0 Å². The van der Waals surface area contributed by atoms with Crippen LogP contribution < -0.4 is 14.8 Å². The van der Waals surface area contributed by atoms with Crippen molar-refractivity contribution < 1.29 is 23.4 Å². The van der Waals surface area contributed by atoms with Crippen molar-refractivity contribution in [1.82, 2.24) is 0 Å². The molecule has 6 nitrogen and oxygen atoms in total. The normalized spacial score (nSPS) is 10.4. The number of halogens is 1. The summed E-state index contributed by atoms with van der Waals surface area (Å²) in [5.74, 6) is 1.20. The first-order valence-corrected chi connectivity index (χ1v) is 6.77. The fourth-order valence-corrected chi connectivity index (χ4v) is 2.10. The number of amides is 1. The van der Waals surface area contributed by atoms with Crippen molar-refractivity contribution in [2.75, 3.05) is 26.6 Å². The van der Waals surface area contributed by atoms with Crippen LogP contribution in [-0.2, 0) is 11.3 Å². The molecular weight excluding hydrogens is 310 g/mol. The SMILES string of the molecule is COCc1ccc(C(=O)Nc2cc(Cl)c(OC)cc2OC)o1. The standard InChI is InChI=1S/C15H16ClNO5/c1-19-8-9-4-5-12(22-9)15(18)17-11-6-10(16)13(20-2)7-14(11)21-3/h4-7H,8H2,1-3H3,(H,17,18). The minimum atomic E-state index is -0.415. The number of methoxy groups -OCH3 is 3. The van der Waals surface area contributed by atoms with Crippen LogP contribution in [0.3, 0.4) is 0 Å². The Morgan fingerprint density at radius 2 is 1.91 bits per heavy atom. The van der Waals surface area contributed by atoms with Gasteiger partial charge in [-0.3, -0.25) is 4.79 Å². The summed E-state index contributed by atoms with van der Waals surface area (Å²) in [4.78, 5) is 12.2. The average molecular weight is 326 g/mol. The molecule has 1 N–H and O–H groups in total. The van der Waals surface area contributed by atoms with Crippen molar-refractivity contribution in [3.05, 3.63) is 40.8 Å². The summed E-state index contributed by atoms with van der Waals surface area (Å²) in [6.45, 7) is 0.297. The van der Waals surface area contributed by atoms with E-state index in [1.807, 2.05) is 0 Å². The van der Waals surface area contributed by atoms with E-state index in [0.29, 0.717) is 34.6 Å². The fraction of sp³-hybridized carbons (Fsp3) is 0.267. The molecule has 1 heterocycles. The molecule has 0 bridgehead atoms. The average Bonchev–Trinajstić information content (AvgIpc) is 2.97. The number of rotatable bonds is 6. The Bertz CT molecular complexity index is 668. The van der Waals surface area contributed by atoms with Gasteiger partial charge >= 0.3 is 0 Å². The van der Waals surface area contributed by atoms with Crippen molar-refractivity contribution in [3.8, 4) is 11.5 Å². The van der Waals surface area contributed by atoms with Crippen LogP contribution in [0.5, 0.6) is 11.5 Å². The van der Waals surface area contributed by atoms with Crippen LogP contribution >= 0.6 is 11.6 Å². The smallest absolute Gasteiger partial charge is 0.291 e. The summed E-state index contributed by atoms with van der Waals surface area (Å²) in [5, 5.41) is 3.05. The van der Waals surface area contributed by atoms with E-state index < -0.39 is 5.91 Å². The molecule has 2 rings (SSSR count). The largest absolute Gasteiger partial charge is 0.495 e. The highest BCUT2D eigenvalue weighted by atomic mass is 35.5. The summed E-state index contributed by atoms with van der Waals surface area (Å²) >= 11 is 6.06. The quantitative estimate of drug-likeness (QED) is 0.882. The molecule has 0 aliphatic heterocycles. The summed E-state index contributed by atoms with van der Waals surface area (Å²) in [6.07, 6.45) is 0. The van der Waals surface area contributed by atoms with Gasteiger partial charge in [0.2, 0.25) is 0 Å². The minimum Gasteiger partial charge on any atom is -0.495 e. The molecule has 0 aliphatic rings. The van der Waals surface area contributed by atoms with Gasteiger partial charge in [0.25, 0.3) is 5.91 Å². The van der Waals surface area contributed by atoms with E-state index in [1.54, 1.807) is 31.4 Å². The van der Waals surface area contributed by atoms with E-state index in [4.69, 9.17) is 30.2 Å². The monoisotopic (exact) mass is 325 g/mol. The van der Waals surface area contributed by atoms with Crippen molar-refractivity contribution in [1.29, 1.82) is 0 Å². The van der Waals surface area contributed by atoms with Crippen LogP contribution in [0.15, 0.2) is 28.7 Å². The molecule has 1 aromatic carbocycles. The van der Waals surface area contributed by atoms with Crippen LogP contribution in [0.1, 0.15) is 16.3 Å². The number of furan rings is 1. The molecule has 0 fully saturated rings. The van der Waals surface area contributed by atoms with Crippen molar-refractivity contribution in [2.45, 2.75) is 6.61 Å². The second kappa shape index (κ2) is 7.20. The Kier molecular flexibility index (Phi) is 5.30. The van der Waals surface area contributed by atoms with E-state index in [-0.39, 0.29) is 5.76 Å². The second-order valence-corrected chi connectivity index (χ2v) is 4.75. The van der Waals surface area contributed by atoms with Crippen LogP contribution in [-0.4, -0.2) is 27.2 Å². The number of hydrogen-bond donors (Lipinski definition) is 1. The molecule has 7 heteroatoms. The maximum absolute atomic E-state index is 12.2. The van der Waals surface area contributed by atoms with E-state index in [9.17, 15) is 4.79 Å². The van der Waals surface area contributed by atoms with E-state index in [2.05, 4.69) is 5.32 Å². The zero-order valence-corrected chi connectivity index (χ0v) is 13.2. The molecule has 0 spiro atoms. The highest BCUT2D eigenvalue weighted by molar-refractivity contribution is 6.32. The number of carbonyl (C=O) groups is 1. The second-order valence-electron chi connectivity index (χ2n) is 4.34. The molecule has 0 atom stereocenters. The predicted octanol–water partition coefficient (Wildman–Crippen LogP) is 3.35. The number of carbonyl (C=O) groups excluding carboxylic acids is 1. The van der Waals surface area contributed by atoms with Crippen LogP contribution in [0.4, 0.5) is 5.69 Å². The van der Waals surface area contributed by atoms with E-state index >= 15 is 0 Å². The first-order valence-electron chi connectivity index (χ1n) is 6.39. The molecule has 0 radical (unpaired) electrons. The third kappa shape index (κ3) is 3.52. The van der Waals surface area contributed by atoms with Gasteiger partial charge < -0.3 is 23.9 Å². The molecule has 0 saturated carbocycles. The van der Waals surface area contributed by atoms with Crippen molar-refractivity contribution in [2.24, 2.45) is 0 Å². The third-order valence-electron chi connectivity index (χ3n) is 2.89. The van der Waals surface area contributed by atoms with Gasteiger partial charge in [0.1, 0.15) is 23.9 Å². The van der Waals surface area contributed by atoms with Gasteiger partial charge in [-0.15, -0.1) is 0 Å². The Labute approximate surface area is 132 Å². The van der Waals surface area contributed by atoms with Gasteiger partial charge in [0.15, 0.2) is 5.76 Å². The first-order chi connectivity index (χ1) is 10.6. The lowest BCUT2D eigenvalue weighted by atomic mass is 10.2. The molecule has 1 aromatic heterocycles. The Morgan fingerprint density at radius 1 is 1.18 bits per heavy atom. The van der Waals surface area contributed by atoms with Crippen LogP contribution in [0.2, 0.25) is 5.02 Å². The minimum absolute atomic E-state index is 0.168. The van der Waals surface area contributed by atoms with Gasteiger partial charge in [0.05, 0.1) is 24.9 Å². The lowest BCUT2D eigenvalue weighted by molar-refractivity contribution is 0.0987. The Morgan fingerprint density at radius 3 is 2.55 bits per heavy atom. The maximum Gasteiger partial charge on any atom is 0.291 e. The number of nitrogens with one attached hydrogen (secondary N) is 1. The fourth-order valence-electron chi connectivity index (χ4n) is 1.86. The van der Waals surface area contributed by atoms with Crippen LogP contribution in [0.25, 0.3) is 0 Å². The summed E-state index contributed by atoms with van der Waals surface area (Å²) in [7, 11) is 4.54. The highest BCUT2D eigenvalue weighted by Gasteiger charge is 2.16. The highest BCUT2D eigenvalue weighted by Crippen LogP contribution is 2.36. The van der Waals surface area contributed by atoms with Gasteiger partial charge in [-0.05, 0) is 18.2 Å². The summed E-state index contributed by atoms with van der Waals surface area (Å²) < 4.78 is 20.6. The van der Waals surface area contributed by atoms with Crippen molar-refractivity contribution in [3.63, 3.8) is 0 Å². The molecule has 0 aliphatic carbocycles. The first kappa shape index (κ1) is 16.2. The zero-order valence-electron chi connectivity index (χ0n) is 12.4. The number of benzene rings is 1. The summed E-state index contributed by atoms with van der Waals surface area (Å²) in [6, 6.07) is 6.39. The lowest BCUT2D eigenvalue weighted by Crippen LogP contribution is -2.12. The molecule has 22 heavy (non-hydrogen) atoms. The number of anilines is 1. The van der Waals surface area contributed by atoms with E-state index in [0.717, 1.165) is 0 Å². The van der Waals surface area contributed by atoms with E-state index in [1.165, 1.54) is 14.2 Å². The number of ether oxygens (including phenoxy) is 3. The lowest BCUT2D eigenvalue weighted by Gasteiger charge is -2.12. The Hall–Kier alpha value is -2.18. The van der Waals surface area contributed by atoms with Crippen LogP contribution in [0, 0.1) is 0 Å². The topological polar surface area (TPSA) is 69.9 Å². The molecular formula is C15H16ClNO5. The van der Waals surface area contributed by atoms with Gasteiger partial charge in [-0.1, -0.05) is 11.6 Å². The number of hydrogen-bond acceptors (Lipinski definition) is 5. The van der Waals surface area contributed by atoms with Gasteiger partial charge in [0, 0.05) is 13.2 Å². The Balaban J connectivity index is 2.21.